The molecule has 1 rings (SSSR count). The first kappa shape index (κ1) is 15.0. The van der Waals surface area contributed by atoms with Crippen LogP contribution in [0.3, 0.4) is 0 Å². The second-order valence-corrected chi connectivity index (χ2v) is 6.26. The lowest BCUT2D eigenvalue weighted by molar-refractivity contribution is 0.673. The molecule has 0 atom stereocenters. The third kappa shape index (κ3) is 7.07. The van der Waals surface area contributed by atoms with Gasteiger partial charge in [0.1, 0.15) is 0 Å². The molecule has 0 unspecified atom stereocenters. The minimum atomic E-state index is 1.10. The average Bonchev–Trinajstić information content (AvgIpc) is 2.34. The van der Waals surface area contributed by atoms with E-state index in [4.69, 9.17) is 0 Å². The van der Waals surface area contributed by atoms with Gasteiger partial charge in [0.25, 0.3) is 0 Å². The summed E-state index contributed by atoms with van der Waals surface area (Å²) in [6.45, 7) is 2.24. The largest absolute Gasteiger partial charge is 0.109 e. The Kier molecular flexibility index (Phi) is 7.91. The Bertz CT molecular complexity index is 386. The number of unbranched alkanes of at least 4 members (excludes halogenated alkanes) is 3. The van der Waals surface area contributed by atoms with Crippen molar-refractivity contribution in [2.24, 2.45) is 0 Å². The lowest BCUT2D eigenvalue weighted by atomic mass is 10.1. The van der Waals surface area contributed by atoms with E-state index in [1.807, 2.05) is 6.08 Å². The van der Waals surface area contributed by atoms with Gasteiger partial charge in [-0.2, -0.15) is 0 Å². The Morgan fingerprint density at radius 2 is 1.94 bits per heavy atom. The first-order valence-corrected chi connectivity index (χ1v) is 7.96. The molecule has 1 aromatic carbocycles. The number of hydrogen-bond donors (Lipinski definition) is 0. The van der Waals surface area contributed by atoms with Crippen LogP contribution in [0.1, 0.15) is 44.6 Å². The number of rotatable bonds is 6. The molecule has 17 heavy (non-hydrogen) atoms. The molecule has 0 aliphatic rings. The molecule has 0 bridgehead atoms. The van der Waals surface area contributed by atoms with Crippen molar-refractivity contribution in [2.75, 3.05) is 0 Å². The van der Waals surface area contributed by atoms with Crippen LogP contribution in [-0.4, -0.2) is 0 Å². The van der Waals surface area contributed by atoms with Crippen molar-refractivity contribution in [1.29, 1.82) is 0 Å². The van der Waals surface area contributed by atoms with E-state index in [-0.39, 0.29) is 0 Å². The predicted molar refractivity (Wildman–Crippen MR) is 88.3 cm³/mol. The van der Waals surface area contributed by atoms with Crippen LogP contribution in [0.4, 0.5) is 0 Å². The normalized spacial score (nSPS) is 9.82. The molecule has 0 aromatic heterocycles. The highest BCUT2D eigenvalue weighted by Gasteiger charge is 1.92. The van der Waals surface area contributed by atoms with Crippen LogP contribution in [0.15, 0.2) is 34.5 Å². The van der Waals surface area contributed by atoms with Crippen molar-refractivity contribution < 1.29 is 0 Å². The second-order valence-electron chi connectivity index (χ2n) is 4.06. The van der Waals surface area contributed by atoms with Crippen molar-refractivity contribution >= 4 is 44.6 Å². The number of benzene rings is 1. The lowest BCUT2D eigenvalue weighted by Gasteiger charge is -1.96. The molecule has 0 radical (unpaired) electrons. The molecule has 0 fully saturated rings. The summed E-state index contributed by atoms with van der Waals surface area (Å²) >= 11 is 5.89. The van der Waals surface area contributed by atoms with Gasteiger partial charge in [-0.25, -0.2) is 0 Å². The third-order valence-electron chi connectivity index (χ3n) is 2.52. The Balaban J connectivity index is 2.46. The SMILES string of the molecule is CCCCCCC(Br)=C=Cc1ccc(I)cc1. The Morgan fingerprint density at radius 1 is 1.24 bits per heavy atom. The van der Waals surface area contributed by atoms with Crippen LogP contribution in [0.5, 0.6) is 0 Å². The molecule has 0 saturated heterocycles. The quantitative estimate of drug-likeness (QED) is 0.303. The zero-order valence-electron chi connectivity index (χ0n) is 10.2. The van der Waals surface area contributed by atoms with E-state index in [1.54, 1.807) is 0 Å². The predicted octanol–water partition coefficient (Wildman–Crippen LogP) is 6.15. The second kappa shape index (κ2) is 8.96. The molecular formula is C15H18BrI. The number of halogens is 2. The van der Waals surface area contributed by atoms with E-state index in [2.05, 4.69) is 75.4 Å². The maximum Gasteiger partial charge on any atom is 0.0368 e. The molecule has 0 aliphatic carbocycles. The fourth-order valence-electron chi connectivity index (χ4n) is 1.50. The number of allylic oxidation sites excluding steroid dienone is 1. The highest BCUT2D eigenvalue weighted by molar-refractivity contribution is 14.1. The van der Waals surface area contributed by atoms with E-state index < -0.39 is 0 Å². The maximum absolute atomic E-state index is 3.57. The molecule has 0 aliphatic heterocycles. The van der Waals surface area contributed by atoms with Crippen LogP contribution >= 0.6 is 38.5 Å². The summed E-state index contributed by atoms with van der Waals surface area (Å²) < 4.78 is 2.44. The molecule has 0 amide bonds. The summed E-state index contributed by atoms with van der Waals surface area (Å²) in [4.78, 5) is 0. The van der Waals surface area contributed by atoms with Gasteiger partial charge in [-0.15, -0.1) is 5.73 Å². The van der Waals surface area contributed by atoms with Crippen LogP contribution in [0.2, 0.25) is 0 Å². The molecule has 92 valence electrons. The van der Waals surface area contributed by atoms with E-state index in [0.29, 0.717) is 0 Å². The molecule has 0 heterocycles. The zero-order valence-corrected chi connectivity index (χ0v) is 13.9. The zero-order chi connectivity index (χ0) is 12.5. The van der Waals surface area contributed by atoms with Gasteiger partial charge < -0.3 is 0 Å². The molecule has 0 nitrogen and oxygen atoms in total. The highest BCUT2D eigenvalue weighted by atomic mass is 127. The van der Waals surface area contributed by atoms with Crippen molar-refractivity contribution in [3.63, 3.8) is 0 Å². The molecule has 1 aromatic rings. The van der Waals surface area contributed by atoms with E-state index in [0.717, 1.165) is 6.42 Å². The first-order chi connectivity index (χ1) is 8.22. The van der Waals surface area contributed by atoms with Gasteiger partial charge in [0.15, 0.2) is 0 Å². The molecule has 2 heteroatoms. The molecular weight excluding hydrogens is 387 g/mol. The first-order valence-electron chi connectivity index (χ1n) is 6.09. The monoisotopic (exact) mass is 404 g/mol. The van der Waals surface area contributed by atoms with Crippen molar-refractivity contribution in [3.8, 4) is 0 Å². The van der Waals surface area contributed by atoms with Crippen molar-refractivity contribution in [3.05, 3.63) is 43.6 Å². The van der Waals surface area contributed by atoms with E-state index >= 15 is 0 Å². The Labute approximate surface area is 126 Å². The van der Waals surface area contributed by atoms with Crippen LogP contribution < -0.4 is 0 Å². The smallest absolute Gasteiger partial charge is 0.0368 e. The number of hydrogen-bond acceptors (Lipinski definition) is 0. The summed E-state index contributed by atoms with van der Waals surface area (Å²) in [7, 11) is 0. The van der Waals surface area contributed by atoms with Gasteiger partial charge >= 0.3 is 0 Å². The van der Waals surface area contributed by atoms with Gasteiger partial charge in [-0.05, 0) is 75.1 Å². The Hall–Kier alpha value is -0.0500. The fraction of sp³-hybridized carbons (Fsp3) is 0.400. The fourth-order valence-corrected chi connectivity index (χ4v) is 2.25. The summed E-state index contributed by atoms with van der Waals surface area (Å²) in [6.07, 6.45) is 8.33. The average molecular weight is 405 g/mol. The topological polar surface area (TPSA) is 0 Å². The van der Waals surface area contributed by atoms with E-state index in [9.17, 15) is 0 Å². The summed E-state index contributed by atoms with van der Waals surface area (Å²) in [5.41, 5.74) is 4.51. The highest BCUT2D eigenvalue weighted by Crippen LogP contribution is 2.15. The van der Waals surface area contributed by atoms with Crippen molar-refractivity contribution in [1.82, 2.24) is 0 Å². The standard InChI is InChI=1S/C15H18BrI/c1-2-3-4-5-6-14(16)10-7-13-8-11-15(17)12-9-13/h7-9,11-12H,2-6H2,1H3. The van der Waals surface area contributed by atoms with Gasteiger partial charge in [-0.1, -0.05) is 38.3 Å². The molecule has 0 N–H and O–H groups in total. The van der Waals surface area contributed by atoms with Crippen LogP contribution in [0, 0.1) is 3.57 Å². The molecule has 0 saturated carbocycles. The van der Waals surface area contributed by atoms with Gasteiger partial charge in [0.2, 0.25) is 0 Å². The van der Waals surface area contributed by atoms with Gasteiger partial charge in [0.05, 0.1) is 0 Å². The van der Waals surface area contributed by atoms with Crippen LogP contribution in [-0.2, 0) is 0 Å². The minimum absolute atomic E-state index is 1.10. The third-order valence-corrected chi connectivity index (χ3v) is 3.86. The maximum atomic E-state index is 3.57. The van der Waals surface area contributed by atoms with Gasteiger partial charge in [0, 0.05) is 8.05 Å². The summed E-state index contributed by atoms with van der Waals surface area (Å²) in [5.74, 6) is 0. The van der Waals surface area contributed by atoms with Crippen LogP contribution in [0.25, 0.3) is 6.08 Å². The van der Waals surface area contributed by atoms with E-state index in [1.165, 1.54) is 39.3 Å². The minimum Gasteiger partial charge on any atom is -0.109 e. The van der Waals surface area contributed by atoms with Crippen molar-refractivity contribution in [2.45, 2.75) is 39.0 Å². The Morgan fingerprint density at radius 3 is 2.59 bits per heavy atom. The summed E-state index contributed by atoms with van der Waals surface area (Å²) in [5, 5.41) is 0. The summed E-state index contributed by atoms with van der Waals surface area (Å²) in [6, 6.07) is 8.46. The van der Waals surface area contributed by atoms with Gasteiger partial charge in [-0.3, -0.25) is 0 Å². The molecule has 0 spiro atoms. The lowest BCUT2D eigenvalue weighted by Crippen LogP contribution is -1.76.